The van der Waals surface area contributed by atoms with Crippen LogP contribution >= 0.6 is 0 Å². The van der Waals surface area contributed by atoms with E-state index in [1.54, 1.807) is 0 Å². The topological polar surface area (TPSA) is 59.0 Å². The molecule has 1 unspecified atom stereocenters. The van der Waals surface area contributed by atoms with E-state index in [1.165, 1.54) is 49.8 Å². The first-order chi connectivity index (χ1) is 14.6. The zero-order valence-electron chi connectivity index (χ0n) is 18.6. The van der Waals surface area contributed by atoms with E-state index in [9.17, 15) is 5.11 Å². The Morgan fingerprint density at radius 2 is 1.77 bits per heavy atom. The number of nitrogens with zero attached hydrogens (tertiary/aromatic N) is 6. The van der Waals surface area contributed by atoms with Gasteiger partial charge in [0.1, 0.15) is 5.72 Å². The van der Waals surface area contributed by atoms with E-state index in [0.29, 0.717) is 6.54 Å². The third kappa shape index (κ3) is 4.35. The van der Waals surface area contributed by atoms with Crippen LogP contribution in [0.1, 0.15) is 56.7 Å². The highest BCUT2D eigenvalue weighted by atomic mass is 16.3. The number of β-amino-alcohol motifs (C(OH)–C–C–N with tert-alkyl or cyclic N) is 1. The van der Waals surface area contributed by atoms with E-state index in [4.69, 9.17) is 4.98 Å². The fourth-order valence-electron chi connectivity index (χ4n) is 5.59. The summed E-state index contributed by atoms with van der Waals surface area (Å²) in [7, 11) is 0. The molecule has 3 aliphatic heterocycles. The maximum Gasteiger partial charge on any atom is 0.225 e. The summed E-state index contributed by atoms with van der Waals surface area (Å²) in [5.74, 6) is 0.915. The van der Waals surface area contributed by atoms with Gasteiger partial charge in [-0.05, 0) is 39.0 Å². The van der Waals surface area contributed by atoms with Gasteiger partial charge >= 0.3 is 0 Å². The van der Waals surface area contributed by atoms with Gasteiger partial charge in [-0.1, -0.05) is 6.42 Å². The van der Waals surface area contributed by atoms with Crippen LogP contribution in [0.25, 0.3) is 0 Å². The van der Waals surface area contributed by atoms with Crippen LogP contribution in [0.2, 0.25) is 0 Å². The third-order valence-corrected chi connectivity index (χ3v) is 7.75. The smallest absolute Gasteiger partial charge is 0.225 e. The highest BCUT2D eigenvalue weighted by Crippen LogP contribution is 2.28. The summed E-state index contributed by atoms with van der Waals surface area (Å²) >= 11 is 0. The molecular weight excluding hydrogens is 376 g/mol. The Morgan fingerprint density at radius 1 is 1.00 bits per heavy atom. The van der Waals surface area contributed by atoms with E-state index in [-0.39, 0.29) is 0 Å². The van der Waals surface area contributed by atoms with Gasteiger partial charge in [-0.25, -0.2) is 9.97 Å². The summed E-state index contributed by atoms with van der Waals surface area (Å²) in [6.45, 7) is 10.8. The average molecular weight is 415 g/mol. The Hall–Kier alpha value is -1.28. The first kappa shape index (κ1) is 20.6. The SMILES string of the molecule is CC(O)(CN1CCc2nc(N3CCCCC3)ncc2C1)N1CCN(C2CCC2)CC1. The molecule has 0 aromatic carbocycles. The quantitative estimate of drug-likeness (QED) is 0.787. The molecule has 4 heterocycles. The summed E-state index contributed by atoms with van der Waals surface area (Å²) in [6, 6.07) is 0.811. The van der Waals surface area contributed by atoms with E-state index in [0.717, 1.165) is 70.8 Å². The maximum absolute atomic E-state index is 11.3. The molecule has 5 rings (SSSR count). The standard InChI is InChI=1S/C23H38N6O/c1-23(30,29-14-12-27(13-15-29)20-6-5-7-20)18-26-11-8-21-19(17-26)16-24-22(25-21)28-9-3-2-4-10-28/h16,20,30H,2-15,17-18H2,1H3. The second kappa shape index (κ2) is 8.69. The first-order valence-corrected chi connectivity index (χ1v) is 12.1. The minimum Gasteiger partial charge on any atom is -0.375 e. The molecule has 1 atom stereocenters. The molecule has 4 aliphatic rings. The number of hydrogen-bond acceptors (Lipinski definition) is 7. The molecule has 166 valence electrons. The van der Waals surface area contributed by atoms with Crippen molar-refractivity contribution in [1.29, 1.82) is 0 Å². The van der Waals surface area contributed by atoms with Crippen molar-refractivity contribution in [3.63, 3.8) is 0 Å². The summed E-state index contributed by atoms with van der Waals surface area (Å²) < 4.78 is 0. The van der Waals surface area contributed by atoms with Crippen LogP contribution in [-0.4, -0.2) is 93.9 Å². The van der Waals surface area contributed by atoms with Gasteiger partial charge in [0, 0.05) is 83.1 Å². The molecule has 7 nitrogen and oxygen atoms in total. The predicted octanol–water partition coefficient (Wildman–Crippen LogP) is 1.70. The molecule has 3 fully saturated rings. The van der Waals surface area contributed by atoms with Crippen LogP contribution in [-0.2, 0) is 13.0 Å². The van der Waals surface area contributed by atoms with Gasteiger partial charge in [0.25, 0.3) is 0 Å². The lowest BCUT2D eigenvalue weighted by Crippen LogP contribution is -2.61. The highest BCUT2D eigenvalue weighted by molar-refractivity contribution is 5.34. The lowest BCUT2D eigenvalue weighted by molar-refractivity contribution is -0.132. The molecule has 30 heavy (non-hydrogen) atoms. The molecule has 0 amide bonds. The molecule has 1 saturated carbocycles. The summed E-state index contributed by atoms with van der Waals surface area (Å²) in [5, 5.41) is 11.3. The number of piperidine rings is 1. The zero-order valence-corrected chi connectivity index (χ0v) is 18.6. The second-order valence-corrected chi connectivity index (χ2v) is 9.98. The second-order valence-electron chi connectivity index (χ2n) is 9.98. The fraction of sp³-hybridized carbons (Fsp3) is 0.826. The Bertz CT molecular complexity index is 722. The van der Waals surface area contributed by atoms with Crippen LogP contribution in [0.15, 0.2) is 6.20 Å². The Balaban J connectivity index is 1.16. The predicted molar refractivity (Wildman–Crippen MR) is 118 cm³/mol. The molecule has 7 heteroatoms. The van der Waals surface area contributed by atoms with Crippen LogP contribution in [0.4, 0.5) is 5.95 Å². The fourth-order valence-corrected chi connectivity index (χ4v) is 5.59. The van der Waals surface area contributed by atoms with Crippen LogP contribution in [0.5, 0.6) is 0 Å². The van der Waals surface area contributed by atoms with E-state index in [2.05, 4.69) is 24.6 Å². The highest BCUT2D eigenvalue weighted by Gasteiger charge is 2.36. The average Bonchev–Trinajstić information content (AvgIpc) is 2.73. The molecule has 0 radical (unpaired) electrons. The van der Waals surface area contributed by atoms with Gasteiger partial charge < -0.3 is 10.0 Å². The van der Waals surface area contributed by atoms with Gasteiger partial charge in [-0.3, -0.25) is 14.7 Å². The van der Waals surface area contributed by atoms with Crippen molar-refractivity contribution in [2.24, 2.45) is 0 Å². The minimum absolute atomic E-state index is 0.684. The van der Waals surface area contributed by atoms with Crippen molar-refractivity contribution in [3.05, 3.63) is 17.5 Å². The van der Waals surface area contributed by atoms with E-state index in [1.807, 2.05) is 13.1 Å². The maximum atomic E-state index is 11.3. The number of piperazine rings is 1. The molecular formula is C23H38N6O. The monoisotopic (exact) mass is 414 g/mol. The third-order valence-electron chi connectivity index (χ3n) is 7.75. The van der Waals surface area contributed by atoms with E-state index >= 15 is 0 Å². The number of hydrogen-bond donors (Lipinski definition) is 1. The molecule has 0 bridgehead atoms. The van der Waals surface area contributed by atoms with Gasteiger partial charge in [-0.15, -0.1) is 0 Å². The van der Waals surface area contributed by atoms with Gasteiger partial charge in [0.05, 0.1) is 5.69 Å². The van der Waals surface area contributed by atoms with Crippen molar-refractivity contribution >= 4 is 5.95 Å². The minimum atomic E-state index is -0.780. The van der Waals surface area contributed by atoms with Crippen molar-refractivity contribution in [3.8, 4) is 0 Å². The Labute approximate surface area is 181 Å². The molecule has 1 aliphatic carbocycles. The zero-order chi connectivity index (χ0) is 20.6. The number of fused-ring (bicyclic) bond motifs is 1. The number of aliphatic hydroxyl groups is 1. The molecule has 1 aromatic rings. The number of rotatable bonds is 5. The molecule has 1 N–H and O–H groups in total. The summed E-state index contributed by atoms with van der Waals surface area (Å²) in [5.41, 5.74) is 1.65. The van der Waals surface area contributed by atoms with Crippen LogP contribution < -0.4 is 4.90 Å². The first-order valence-electron chi connectivity index (χ1n) is 12.1. The lowest BCUT2D eigenvalue weighted by Gasteiger charge is -2.48. The normalized spacial score (nSPS) is 26.8. The molecule has 1 aromatic heterocycles. The van der Waals surface area contributed by atoms with Crippen molar-refractivity contribution < 1.29 is 5.11 Å². The Kier molecular flexibility index (Phi) is 5.97. The van der Waals surface area contributed by atoms with E-state index < -0.39 is 5.72 Å². The molecule has 0 spiro atoms. The summed E-state index contributed by atoms with van der Waals surface area (Å²) in [6.07, 6.45) is 10.9. The van der Waals surface area contributed by atoms with Gasteiger partial charge in [0.15, 0.2) is 0 Å². The summed E-state index contributed by atoms with van der Waals surface area (Å²) in [4.78, 5) is 19.2. The van der Waals surface area contributed by atoms with Crippen LogP contribution in [0, 0.1) is 0 Å². The van der Waals surface area contributed by atoms with Crippen molar-refractivity contribution in [2.75, 3.05) is 57.3 Å². The van der Waals surface area contributed by atoms with Crippen LogP contribution in [0.3, 0.4) is 0 Å². The number of anilines is 1. The largest absolute Gasteiger partial charge is 0.375 e. The molecule has 2 saturated heterocycles. The van der Waals surface area contributed by atoms with Crippen molar-refractivity contribution in [1.82, 2.24) is 24.7 Å². The number of aromatic nitrogens is 2. The van der Waals surface area contributed by atoms with Gasteiger partial charge in [-0.2, -0.15) is 0 Å². The van der Waals surface area contributed by atoms with Gasteiger partial charge in [0.2, 0.25) is 5.95 Å². The Morgan fingerprint density at radius 3 is 2.47 bits per heavy atom. The van der Waals surface area contributed by atoms with Crippen molar-refractivity contribution in [2.45, 2.75) is 70.2 Å². The lowest BCUT2D eigenvalue weighted by atomic mass is 9.91.